The summed E-state index contributed by atoms with van der Waals surface area (Å²) in [5, 5.41) is 9.90. The number of Topliss-reactive ketones (excluding diaryl/α,β-unsaturated/α-hetero) is 1. The van der Waals surface area contributed by atoms with Gasteiger partial charge in [-0.1, -0.05) is 33.1 Å². The molecule has 0 heterocycles. The van der Waals surface area contributed by atoms with Crippen LogP contribution in [0.4, 0.5) is 0 Å². The van der Waals surface area contributed by atoms with Gasteiger partial charge in [0, 0.05) is 18.9 Å². The summed E-state index contributed by atoms with van der Waals surface area (Å²) in [6, 6.07) is 0. The molecule has 18 heavy (non-hydrogen) atoms. The van der Waals surface area contributed by atoms with Gasteiger partial charge < -0.3 is 14.6 Å². The Balaban J connectivity index is 3.54. The van der Waals surface area contributed by atoms with Crippen LogP contribution in [0.2, 0.25) is 0 Å². The van der Waals surface area contributed by atoms with Crippen LogP contribution in [0.15, 0.2) is 0 Å². The molecule has 2 atom stereocenters. The molecule has 0 aliphatic rings. The van der Waals surface area contributed by atoms with Crippen molar-refractivity contribution < 1.29 is 14.6 Å². The number of aliphatic hydroxyl groups excluding tert-OH is 1. The van der Waals surface area contributed by atoms with Crippen molar-refractivity contribution in [1.29, 1.82) is 0 Å². The van der Waals surface area contributed by atoms with E-state index >= 15 is 0 Å². The third-order valence-electron chi connectivity index (χ3n) is 3.32. The number of carbonyl (C=O) groups excluding carboxylic acids is 1. The van der Waals surface area contributed by atoms with Gasteiger partial charge in [-0.25, -0.2) is 0 Å². The molecule has 0 aromatic rings. The normalized spacial score (nSPS) is 14.4. The summed E-state index contributed by atoms with van der Waals surface area (Å²) < 4.78 is 5.47. The second kappa shape index (κ2) is 11.7. The van der Waals surface area contributed by atoms with Gasteiger partial charge in [0.1, 0.15) is 5.78 Å². The lowest BCUT2D eigenvalue weighted by molar-refractivity contribution is -0.137. The highest BCUT2D eigenvalue weighted by Gasteiger charge is 2.16. The Morgan fingerprint density at radius 3 is 2.44 bits per heavy atom. The Labute approximate surface area is 112 Å². The summed E-state index contributed by atoms with van der Waals surface area (Å²) in [7, 11) is 0. The van der Waals surface area contributed by atoms with Crippen molar-refractivity contribution in [3.8, 4) is 0 Å². The van der Waals surface area contributed by atoms with Crippen molar-refractivity contribution in [2.24, 2.45) is 5.92 Å². The first-order chi connectivity index (χ1) is 8.61. The van der Waals surface area contributed by atoms with Crippen LogP contribution in [-0.4, -0.2) is 23.8 Å². The highest BCUT2D eigenvalue weighted by atomic mass is 16.6. The zero-order valence-electron chi connectivity index (χ0n) is 12.3. The van der Waals surface area contributed by atoms with Crippen LogP contribution >= 0.6 is 0 Å². The predicted molar refractivity (Wildman–Crippen MR) is 74.4 cm³/mol. The first-order valence-electron chi connectivity index (χ1n) is 7.40. The van der Waals surface area contributed by atoms with Gasteiger partial charge >= 0.3 is 0 Å². The second-order valence-corrected chi connectivity index (χ2v) is 5.08. The molecule has 0 saturated heterocycles. The van der Waals surface area contributed by atoms with E-state index in [1.54, 1.807) is 6.92 Å². The number of ketones is 1. The lowest BCUT2D eigenvalue weighted by Gasteiger charge is -2.21. The van der Waals surface area contributed by atoms with Gasteiger partial charge in [0.05, 0.1) is 0 Å². The van der Waals surface area contributed by atoms with Gasteiger partial charge in [0.15, 0.2) is 6.29 Å². The highest BCUT2D eigenvalue weighted by Crippen LogP contribution is 2.18. The quantitative estimate of drug-likeness (QED) is 0.429. The Morgan fingerprint density at radius 1 is 1.17 bits per heavy atom. The highest BCUT2D eigenvalue weighted by molar-refractivity contribution is 5.75. The minimum atomic E-state index is -0.616. The molecule has 1 N–H and O–H groups in total. The molecule has 0 fully saturated rings. The Hall–Kier alpha value is -0.410. The fourth-order valence-corrected chi connectivity index (χ4v) is 2.01. The molecular formula is C15H30O3. The maximum atomic E-state index is 10.7. The van der Waals surface area contributed by atoms with Crippen LogP contribution in [-0.2, 0) is 9.53 Å². The number of ether oxygens (including phenoxy) is 1. The minimum absolute atomic E-state index is 0.251. The van der Waals surface area contributed by atoms with Gasteiger partial charge in [0.2, 0.25) is 0 Å². The first-order valence-corrected chi connectivity index (χ1v) is 7.40. The van der Waals surface area contributed by atoms with Gasteiger partial charge in [-0.05, 0) is 32.6 Å². The summed E-state index contributed by atoms with van der Waals surface area (Å²) in [6.45, 7) is 6.48. The first kappa shape index (κ1) is 17.6. The molecular weight excluding hydrogens is 228 g/mol. The average molecular weight is 258 g/mol. The van der Waals surface area contributed by atoms with E-state index in [0.717, 1.165) is 44.9 Å². The van der Waals surface area contributed by atoms with Crippen molar-refractivity contribution >= 4 is 5.78 Å². The van der Waals surface area contributed by atoms with Crippen molar-refractivity contribution in [2.45, 2.75) is 78.4 Å². The number of rotatable bonds is 12. The van der Waals surface area contributed by atoms with E-state index in [4.69, 9.17) is 4.74 Å². The van der Waals surface area contributed by atoms with E-state index in [1.165, 1.54) is 0 Å². The molecule has 0 spiro atoms. The smallest absolute Gasteiger partial charge is 0.157 e. The zero-order chi connectivity index (χ0) is 13.8. The van der Waals surface area contributed by atoms with E-state index in [1.807, 2.05) is 0 Å². The van der Waals surface area contributed by atoms with Crippen molar-refractivity contribution in [2.75, 3.05) is 6.61 Å². The molecule has 2 unspecified atom stereocenters. The minimum Gasteiger partial charge on any atom is -0.368 e. The van der Waals surface area contributed by atoms with Crippen molar-refractivity contribution in [3.63, 3.8) is 0 Å². The lowest BCUT2D eigenvalue weighted by atomic mass is 9.99. The Kier molecular flexibility index (Phi) is 11.4. The van der Waals surface area contributed by atoms with E-state index in [-0.39, 0.29) is 11.7 Å². The third kappa shape index (κ3) is 9.60. The SMILES string of the molecule is CCCCC(CC)C(O)OCCCCCC(C)=O. The standard InChI is InChI=1S/C15H30O3/c1-4-6-11-14(5-2)15(17)18-12-9-7-8-10-13(3)16/h14-15,17H,4-12H2,1-3H3. The van der Waals surface area contributed by atoms with Crippen LogP contribution in [0.25, 0.3) is 0 Å². The molecule has 0 aromatic carbocycles. The largest absolute Gasteiger partial charge is 0.368 e. The van der Waals surface area contributed by atoms with Gasteiger partial charge in [-0.2, -0.15) is 0 Å². The van der Waals surface area contributed by atoms with Crippen molar-refractivity contribution in [1.82, 2.24) is 0 Å². The number of hydrogen-bond acceptors (Lipinski definition) is 3. The zero-order valence-corrected chi connectivity index (χ0v) is 12.3. The number of carbonyl (C=O) groups is 1. The monoisotopic (exact) mass is 258 g/mol. The second-order valence-electron chi connectivity index (χ2n) is 5.08. The molecule has 0 saturated carbocycles. The maximum Gasteiger partial charge on any atom is 0.157 e. The van der Waals surface area contributed by atoms with Crippen LogP contribution < -0.4 is 0 Å². The van der Waals surface area contributed by atoms with E-state index in [0.29, 0.717) is 13.0 Å². The van der Waals surface area contributed by atoms with E-state index in [2.05, 4.69) is 13.8 Å². The van der Waals surface area contributed by atoms with Gasteiger partial charge in [0.25, 0.3) is 0 Å². The Morgan fingerprint density at radius 2 is 1.89 bits per heavy atom. The fourth-order valence-electron chi connectivity index (χ4n) is 2.01. The molecule has 0 aliphatic carbocycles. The average Bonchev–Trinajstić information content (AvgIpc) is 2.34. The molecule has 0 aromatic heterocycles. The molecule has 0 rings (SSSR count). The summed E-state index contributed by atoms with van der Waals surface area (Å²) in [5.74, 6) is 0.517. The van der Waals surface area contributed by atoms with Crippen LogP contribution in [0.1, 0.15) is 72.1 Å². The predicted octanol–water partition coefficient (Wildman–Crippen LogP) is 3.69. The number of aliphatic hydroxyl groups is 1. The third-order valence-corrected chi connectivity index (χ3v) is 3.32. The van der Waals surface area contributed by atoms with Gasteiger partial charge in [-0.3, -0.25) is 0 Å². The van der Waals surface area contributed by atoms with Crippen LogP contribution in [0.5, 0.6) is 0 Å². The topological polar surface area (TPSA) is 46.5 Å². The fraction of sp³-hybridized carbons (Fsp3) is 0.933. The van der Waals surface area contributed by atoms with E-state index in [9.17, 15) is 9.90 Å². The molecule has 0 aliphatic heterocycles. The van der Waals surface area contributed by atoms with Crippen molar-refractivity contribution in [3.05, 3.63) is 0 Å². The molecule has 0 bridgehead atoms. The summed E-state index contributed by atoms with van der Waals surface area (Å²) in [5.41, 5.74) is 0. The number of hydrogen-bond donors (Lipinski definition) is 1. The summed E-state index contributed by atoms with van der Waals surface area (Å²) >= 11 is 0. The maximum absolute atomic E-state index is 10.7. The molecule has 108 valence electrons. The summed E-state index contributed by atoms with van der Waals surface area (Å²) in [4.78, 5) is 10.7. The lowest BCUT2D eigenvalue weighted by Crippen LogP contribution is -2.23. The van der Waals surface area contributed by atoms with Crippen LogP contribution in [0, 0.1) is 5.92 Å². The summed E-state index contributed by atoms with van der Waals surface area (Å²) in [6.07, 6.45) is 7.22. The number of unbranched alkanes of at least 4 members (excludes halogenated alkanes) is 3. The van der Waals surface area contributed by atoms with Crippen LogP contribution in [0.3, 0.4) is 0 Å². The Bertz CT molecular complexity index is 204. The van der Waals surface area contributed by atoms with Gasteiger partial charge in [-0.15, -0.1) is 0 Å². The molecule has 3 nitrogen and oxygen atoms in total. The molecule has 0 amide bonds. The molecule has 3 heteroatoms. The molecule has 0 radical (unpaired) electrons. The van der Waals surface area contributed by atoms with E-state index < -0.39 is 6.29 Å².